The summed E-state index contributed by atoms with van der Waals surface area (Å²) >= 11 is 0. The SMILES string of the molecule is COC(=O)c1cc(NCCc2ncon2)cc(C)c1N. The second kappa shape index (κ2) is 6.05. The normalized spacial score (nSPS) is 10.3. The maximum absolute atomic E-state index is 11.6. The molecule has 1 aromatic heterocycles. The largest absolute Gasteiger partial charge is 0.465 e. The van der Waals surface area contributed by atoms with Crippen LogP contribution in [0.1, 0.15) is 21.7 Å². The van der Waals surface area contributed by atoms with E-state index in [1.807, 2.05) is 13.0 Å². The van der Waals surface area contributed by atoms with E-state index in [4.69, 9.17) is 10.5 Å². The van der Waals surface area contributed by atoms with Crippen molar-refractivity contribution in [3.8, 4) is 0 Å². The van der Waals surface area contributed by atoms with Gasteiger partial charge in [-0.05, 0) is 24.6 Å². The number of nitrogens with two attached hydrogens (primary N) is 1. The molecule has 2 rings (SSSR count). The smallest absolute Gasteiger partial charge is 0.340 e. The molecule has 2 aromatic rings. The first-order valence-corrected chi connectivity index (χ1v) is 6.09. The second-order valence-corrected chi connectivity index (χ2v) is 4.27. The third-order valence-corrected chi connectivity index (χ3v) is 2.88. The molecule has 7 heteroatoms. The number of nitrogens with one attached hydrogen (secondary N) is 1. The molecular formula is C13H16N4O3. The minimum Gasteiger partial charge on any atom is -0.465 e. The predicted molar refractivity (Wildman–Crippen MR) is 73.4 cm³/mol. The first kappa shape index (κ1) is 13.9. The summed E-state index contributed by atoms with van der Waals surface area (Å²) in [6.07, 6.45) is 1.91. The molecule has 0 atom stereocenters. The Bertz CT molecular complexity index is 596. The van der Waals surface area contributed by atoms with Gasteiger partial charge in [-0.25, -0.2) is 4.79 Å². The lowest BCUT2D eigenvalue weighted by Crippen LogP contribution is -2.10. The molecule has 0 unspecified atom stereocenters. The summed E-state index contributed by atoms with van der Waals surface area (Å²) < 4.78 is 9.36. The number of ether oxygens (including phenoxy) is 1. The predicted octanol–water partition coefficient (Wildman–Crippen LogP) is 1.40. The van der Waals surface area contributed by atoms with Crippen LogP contribution in [0.25, 0.3) is 0 Å². The van der Waals surface area contributed by atoms with Crippen LogP contribution in [0.2, 0.25) is 0 Å². The number of hydrogen-bond donors (Lipinski definition) is 2. The van der Waals surface area contributed by atoms with Crippen LogP contribution in [0.3, 0.4) is 0 Å². The summed E-state index contributed by atoms with van der Waals surface area (Å²) in [7, 11) is 1.33. The maximum Gasteiger partial charge on any atom is 0.340 e. The Balaban J connectivity index is 2.08. The fraction of sp³-hybridized carbons (Fsp3) is 0.308. The van der Waals surface area contributed by atoms with Crippen molar-refractivity contribution in [1.29, 1.82) is 0 Å². The highest BCUT2D eigenvalue weighted by Crippen LogP contribution is 2.23. The van der Waals surface area contributed by atoms with Gasteiger partial charge in [0.1, 0.15) is 0 Å². The van der Waals surface area contributed by atoms with Gasteiger partial charge in [-0.15, -0.1) is 0 Å². The van der Waals surface area contributed by atoms with Crippen LogP contribution < -0.4 is 11.1 Å². The highest BCUT2D eigenvalue weighted by atomic mass is 16.5. The third kappa shape index (κ3) is 3.05. The van der Waals surface area contributed by atoms with Crippen LogP contribution >= 0.6 is 0 Å². The average Bonchev–Trinajstić information content (AvgIpc) is 2.95. The summed E-state index contributed by atoms with van der Waals surface area (Å²) in [5.41, 5.74) is 8.27. The fourth-order valence-electron chi connectivity index (χ4n) is 1.80. The standard InChI is InChI=1S/C13H16N4O3/c1-8-5-9(6-10(12(8)14)13(18)19-2)15-4-3-11-16-7-20-17-11/h5-7,15H,3-4,14H2,1-2H3. The fourth-order valence-corrected chi connectivity index (χ4v) is 1.80. The lowest BCUT2D eigenvalue weighted by atomic mass is 10.1. The van der Waals surface area contributed by atoms with Gasteiger partial charge in [0.2, 0.25) is 6.39 Å². The Hall–Kier alpha value is -2.57. The van der Waals surface area contributed by atoms with E-state index in [9.17, 15) is 4.79 Å². The van der Waals surface area contributed by atoms with Crippen LogP contribution in [0, 0.1) is 6.92 Å². The maximum atomic E-state index is 11.6. The molecule has 0 aliphatic heterocycles. The molecule has 0 amide bonds. The molecular weight excluding hydrogens is 260 g/mol. The van der Waals surface area contributed by atoms with Crippen LogP contribution in [-0.2, 0) is 11.2 Å². The van der Waals surface area contributed by atoms with Gasteiger partial charge in [-0.1, -0.05) is 5.16 Å². The first-order valence-electron chi connectivity index (χ1n) is 6.09. The lowest BCUT2D eigenvalue weighted by Gasteiger charge is -2.11. The Morgan fingerprint density at radius 3 is 2.95 bits per heavy atom. The molecule has 0 bridgehead atoms. The summed E-state index contributed by atoms with van der Waals surface area (Å²) in [6.45, 7) is 2.45. The van der Waals surface area contributed by atoms with Crippen molar-refractivity contribution in [1.82, 2.24) is 10.1 Å². The number of methoxy groups -OCH3 is 1. The lowest BCUT2D eigenvalue weighted by molar-refractivity contribution is 0.0602. The number of anilines is 2. The summed E-state index contributed by atoms with van der Waals surface area (Å²) in [6, 6.07) is 3.54. The Morgan fingerprint density at radius 2 is 2.30 bits per heavy atom. The van der Waals surface area contributed by atoms with Crippen molar-refractivity contribution in [2.45, 2.75) is 13.3 Å². The Morgan fingerprint density at radius 1 is 1.50 bits per heavy atom. The third-order valence-electron chi connectivity index (χ3n) is 2.88. The molecule has 0 saturated carbocycles. The molecule has 1 aromatic carbocycles. The van der Waals surface area contributed by atoms with Gasteiger partial charge in [0, 0.05) is 24.3 Å². The molecule has 1 heterocycles. The summed E-state index contributed by atoms with van der Waals surface area (Å²) in [4.78, 5) is 15.6. The quantitative estimate of drug-likeness (QED) is 0.628. The molecule has 3 N–H and O–H groups in total. The van der Waals surface area contributed by atoms with Gasteiger partial charge in [0.05, 0.1) is 12.7 Å². The number of aryl methyl sites for hydroxylation is 1. The minimum absolute atomic E-state index is 0.356. The molecule has 7 nitrogen and oxygen atoms in total. The van der Waals surface area contributed by atoms with E-state index >= 15 is 0 Å². The minimum atomic E-state index is -0.451. The van der Waals surface area contributed by atoms with Crippen LogP contribution in [0.15, 0.2) is 23.0 Å². The molecule has 106 valence electrons. The van der Waals surface area contributed by atoms with Crippen molar-refractivity contribution >= 4 is 17.3 Å². The van der Waals surface area contributed by atoms with Gasteiger partial charge >= 0.3 is 5.97 Å². The molecule has 20 heavy (non-hydrogen) atoms. The topological polar surface area (TPSA) is 103 Å². The van der Waals surface area contributed by atoms with Gasteiger partial charge in [0.25, 0.3) is 0 Å². The average molecular weight is 276 g/mol. The van der Waals surface area contributed by atoms with E-state index in [0.717, 1.165) is 11.3 Å². The number of aromatic nitrogens is 2. The van der Waals surface area contributed by atoms with Gasteiger partial charge in [-0.3, -0.25) is 0 Å². The van der Waals surface area contributed by atoms with E-state index in [0.29, 0.717) is 30.0 Å². The van der Waals surface area contributed by atoms with E-state index in [1.165, 1.54) is 13.5 Å². The van der Waals surface area contributed by atoms with Crippen molar-refractivity contribution in [2.75, 3.05) is 24.7 Å². The number of nitrogens with zero attached hydrogens (tertiary/aromatic N) is 2. The molecule has 0 aliphatic rings. The molecule has 0 radical (unpaired) electrons. The number of carbonyl (C=O) groups is 1. The van der Waals surface area contributed by atoms with E-state index < -0.39 is 5.97 Å². The molecule has 0 saturated heterocycles. The van der Waals surface area contributed by atoms with Crippen molar-refractivity contribution < 1.29 is 14.1 Å². The number of rotatable bonds is 5. The zero-order valence-corrected chi connectivity index (χ0v) is 11.3. The summed E-state index contributed by atoms with van der Waals surface area (Å²) in [5.74, 6) is 0.172. The van der Waals surface area contributed by atoms with E-state index in [1.54, 1.807) is 6.07 Å². The van der Waals surface area contributed by atoms with Gasteiger partial charge < -0.3 is 20.3 Å². The van der Waals surface area contributed by atoms with Crippen LogP contribution in [0.4, 0.5) is 11.4 Å². The zero-order chi connectivity index (χ0) is 14.5. The highest BCUT2D eigenvalue weighted by Gasteiger charge is 2.13. The highest BCUT2D eigenvalue weighted by molar-refractivity contribution is 5.97. The van der Waals surface area contributed by atoms with Crippen LogP contribution in [-0.4, -0.2) is 29.8 Å². The zero-order valence-electron chi connectivity index (χ0n) is 11.3. The van der Waals surface area contributed by atoms with E-state index in [-0.39, 0.29) is 0 Å². The molecule has 0 fully saturated rings. The molecule has 0 aliphatic carbocycles. The van der Waals surface area contributed by atoms with Crippen molar-refractivity contribution in [3.05, 3.63) is 35.5 Å². The number of hydrogen-bond acceptors (Lipinski definition) is 7. The van der Waals surface area contributed by atoms with Gasteiger partial charge in [-0.2, -0.15) is 4.98 Å². The molecule has 0 spiro atoms. The van der Waals surface area contributed by atoms with Crippen LogP contribution in [0.5, 0.6) is 0 Å². The monoisotopic (exact) mass is 276 g/mol. The first-order chi connectivity index (χ1) is 9.61. The second-order valence-electron chi connectivity index (χ2n) is 4.27. The number of benzene rings is 1. The van der Waals surface area contributed by atoms with Crippen molar-refractivity contribution in [3.63, 3.8) is 0 Å². The van der Waals surface area contributed by atoms with Crippen molar-refractivity contribution in [2.24, 2.45) is 0 Å². The number of esters is 1. The number of carbonyl (C=O) groups excluding carboxylic acids is 1. The van der Waals surface area contributed by atoms with E-state index in [2.05, 4.69) is 20.0 Å². The van der Waals surface area contributed by atoms with Gasteiger partial charge in [0.15, 0.2) is 5.82 Å². The number of nitrogen functional groups attached to an aromatic ring is 1. The Labute approximate surface area is 116 Å². The Kier molecular flexibility index (Phi) is 4.19. The summed E-state index contributed by atoms with van der Waals surface area (Å²) in [5, 5.41) is 6.90.